The standard InChI is InChI=1S/C12H15FN2O/c13-10-5-1-2-6-11(10)15-12(16)9-4-3-7-14-8-9/h1-2,5-6,9,14H,3-4,7-8H2,(H,15,16)/t9-/m1/s1. The van der Waals surface area contributed by atoms with Crippen molar-refractivity contribution in [2.75, 3.05) is 18.4 Å². The van der Waals surface area contributed by atoms with Crippen molar-refractivity contribution >= 4 is 11.6 Å². The SMILES string of the molecule is O=C(Nc1ccccc1F)[C@@H]1CCCNC1. The Balaban J connectivity index is 1.99. The number of hydrogen-bond donors (Lipinski definition) is 2. The highest BCUT2D eigenvalue weighted by Gasteiger charge is 2.21. The number of carbonyl (C=O) groups is 1. The first-order valence-corrected chi connectivity index (χ1v) is 5.53. The number of anilines is 1. The van der Waals surface area contributed by atoms with E-state index in [1.165, 1.54) is 6.07 Å². The summed E-state index contributed by atoms with van der Waals surface area (Å²) in [6.07, 6.45) is 1.86. The fourth-order valence-corrected chi connectivity index (χ4v) is 1.87. The highest BCUT2D eigenvalue weighted by atomic mass is 19.1. The van der Waals surface area contributed by atoms with Crippen molar-refractivity contribution in [3.05, 3.63) is 30.1 Å². The number of hydrogen-bond acceptors (Lipinski definition) is 2. The summed E-state index contributed by atoms with van der Waals surface area (Å²) in [6.45, 7) is 1.64. The second kappa shape index (κ2) is 5.07. The largest absolute Gasteiger partial charge is 0.323 e. The van der Waals surface area contributed by atoms with Crippen LogP contribution in [0.2, 0.25) is 0 Å². The van der Waals surface area contributed by atoms with Crippen LogP contribution in [0.4, 0.5) is 10.1 Å². The van der Waals surface area contributed by atoms with E-state index in [2.05, 4.69) is 10.6 Å². The van der Waals surface area contributed by atoms with Gasteiger partial charge in [-0.2, -0.15) is 0 Å². The van der Waals surface area contributed by atoms with E-state index in [0.717, 1.165) is 19.4 Å². The summed E-state index contributed by atoms with van der Waals surface area (Å²) in [7, 11) is 0. The third-order valence-electron chi connectivity index (χ3n) is 2.80. The fraction of sp³-hybridized carbons (Fsp3) is 0.417. The van der Waals surface area contributed by atoms with Crippen molar-refractivity contribution < 1.29 is 9.18 Å². The minimum absolute atomic E-state index is 0.0478. The fourth-order valence-electron chi connectivity index (χ4n) is 1.87. The molecule has 2 rings (SSSR count). The van der Waals surface area contributed by atoms with E-state index < -0.39 is 0 Å². The minimum Gasteiger partial charge on any atom is -0.323 e. The first-order valence-electron chi connectivity index (χ1n) is 5.53. The summed E-state index contributed by atoms with van der Waals surface area (Å²) in [5, 5.41) is 5.79. The molecule has 0 bridgehead atoms. The topological polar surface area (TPSA) is 41.1 Å². The lowest BCUT2D eigenvalue weighted by Gasteiger charge is -2.21. The van der Waals surface area contributed by atoms with Crippen LogP contribution in [0.5, 0.6) is 0 Å². The van der Waals surface area contributed by atoms with E-state index in [9.17, 15) is 9.18 Å². The minimum atomic E-state index is -0.389. The number of amides is 1. The quantitative estimate of drug-likeness (QED) is 0.800. The van der Waals surface area contributed by atoms with E-state index in [-0.39, 0.29) is 23.3 Å². The highest BCUT2D eigenvalue weighted by molar-refractivity contribution is 5.92. The van der Waals surface area contributed by atoms with Gasteiger partial charge in [-0.25, -0.2) is 4.39 Å². The van der Waals surface area contributed by atoms with Crippen molar-refractivity contribution in [3.8, 4) is 0 Å². The van der Waals surface area contributed by atoms with Gasteiger partial charge in [0, 0.05) is 6.54 Å². The van der Waals surface area contributed by atoms with Crippen LogP contribution in [0.3, 0.4) is 0 Å². The summed E-state index contributed by atoms with van der Waals surface area (Å²) >= 11 is 0. The Labute approximate surface area is 94.0 Å². The van der Waals surface area contributed by atoms with Gasteiger partial charge in [0.15, 0.2) is 0 Å². The van der Waals surface area contributed by atoms with E-state index in [4.69, 9.17) is 0 Å². The summed E-state index contributed by atoms with van der Waals surface area (Å²) in [4.78, 5) is 11.8. The van der Waals surface area contributed by atoms with Crippen LogP contribution in [-0.2, 0) is 4.79 Å². The van der Waals surface area contributed by atoms with Gasteiger partial charge < -0.3 is 10.6 Å². The van der Waals surface area contributed by atoms with Gasteiger partial charge in [-0.15, -0.1) is 0 Å². The molecule has 1 aliphatic rings. The van der Waals surface area contributed by atoms with Crippen molar-refractivity contribution in [1.29, 1.82) is 0 Å². The Hall–Kier alpha value is -1.42. The summed E-state index contributed by atoms with van der Waals surface area (Å²) in [6, 6.07) is 6.23. The zero-order valence-corrected chi connectivity index (χ0v) is 9.00. The number of rotatable bonds is 2. The van der Waals surface area contributed by atoms with E-state index in [1.807, 2.05) is 0 Å². The Bertz CT molecular complexity index is 375. The highest BCUT2D eigenvalue weighted by Crippen LogP contribution is 2.16. The lowest BCUT2D eigenvalue weighted by Crippen LogP contribution is -2.37. The van der Waals surface area contributed by atoms with Gasteiger partial charge >= 0.3 is 0 Å². The van der Waals surface area contributed by atoms with Crippen molar-refractivity contribution in [2.24, 2.45) is 5.92 Å². The third kappa shape index (κ3) is 2.58. The molecular weight excluding hydrogens is 207 g/mol. The van der Waals surface area contributed by atoms with Gasteiger partial charge in [0.05, 0.1) is 11.6 Å². The van der Waals surface area contributed by atoms with Gasteiger partial charge in [0.25, 0.3) is 0 Å². The molecular formula is C12H15FN2O. The van der Waals surface area contributed by atoms with Crippen LogP contribution in [-0.4, -0.2) is 19.0 Å². The number of benzene rings is 1. The predicted molar refractivity (Wildman–Crippen MR) is 60.6 cm³/mol. The molecule has 1 fully saturated rings. The molecule has 16 heavy (non-hydrogen) atoms. The van der Waals surface area contributed by atoms with Gasteiger partial charge in [-0.1, -0.05) is 12.1 Å². The Morgan fingerprint density at radius 3 is 2.94 bits per heavy atom. The molecule has 2 N–H and O–H groups in total. The second-order valence-electron chi connectivity index (χ2n) is 4.01. The van der Waals surface area contributed by atoms with Crippen molar-refractivity contribution in [1.82, 2.24) is 5.32 Å². The lowest BCUT2D eigenvalue weighted by molar-refractivity contribution is -0.120. The molecule has 86 valence electrons. The molecule has 1 saturated heterocycles. The predicted octanol–water partition coefficient (Wildman–Crippen LogP) is 1.76. The zero-order valence-electron chi connectivity index (χ0n) is 9.00. The first-order chi connectivity index (χ1) is 7.77. The molecule has 0 spiro atoms. The van der Waals surface area contributed by atoms with Crippen LogP contribution in [0, 0.1) is 11.7 Å². The monoisotopic (exact) mass is 222 g/mol. The number of halogens is 1. The van der Waals surface area contributed by atoms with Crippen molar-refractivity contribution in [3.63, 3.8) is 0 Å². The number of carbonyl (C=O) groups excluding carboxylic acids is 1. The van der Waals surface area contributed by atoms with Gasteiger partial charge in [0.1, 0.15) is 5.82 Å². The summed E-state index contributed by atoms with van der Waals surface area (Å²) in [5.41, 5.74) is 0.262. The number of nitrogens with one attached hydrogen (secondary N) is 2. The maximum Gasteiger partial charge on any atom is 0.228 e. The number of para-hydroxylation sites is 1. The molecule has 4 heteroatoms. The van der Waals surface area contributed by atoms with Gasteiger partial charge in [-0.05, 0) is 31.5 Å². The molecule has 1 aromatic carbocycles. The Kier molecular flexibility index (Phi) is 3.51. The second-order valence-corrected chi connectivity index (χ2v) is 4.01. The zero-order chi connectivity index (χ0) is 11.4. The molecule has 0 aliphatic carbocycles. The van der Waals surface area contributed by atoms with E-state index in [0.29, 0.717) is 6.54 Å². The normalized spacial score (nSPS) is 20.4. The lowest BCUT2D eigenvalue weighted by atomic mass is 9.99. The summed E-state index contributed by atoms with van der Waals surface area (Å²) in [5.74, 6) is -0.537. The summed E-state index contributed by atoms with van der Waals surface area (Å²) < 4.78 is 13.3. The van der Waals surface area contributed by atoms with Crippen LogP contribution >= 0.6 is 0 Å². The smallest absolute Gasteiger partial charge is 0.228 e. The first kappa shape index (κ1) is 11.1. The van der Waals surface area contributed by atoms with Gasteiger partial charge in [-0.3, -0.25) is 4.79 Å². The van der Waals surface area contributed by atoms with Crippen LogP contribution in [0.15, 0.2) is 24.3 Å². The molecule has 0 aromatic heterocycles. The van der Waals surface area contributed by atoms with Crippen LogP contribution < -0.4 is 10.6 Å². The Morgan fingerprint density at radius 1 is 1.44 bits per heavy atom. The maximum absolute atomic E-state index is 13.3. The molecule has 0 saturated carbocycles. The maximum atomic E-state index is 13.3. The molecule has 0 radical (unpaired) electrons. The van der Waals surface area contributed by atoms with Crippen LogP contribution in [0.25, 0.3) is 0 Å². The molecule has 1 amide bonds. The molecule has 1 aliphatic heterocycles. The molecule has 0 unspecified atom stereocenters. The van der Waals surface area contributed by atoms with Gasteiger partial charge in [0.2, 0.25) is 5.91 Å². The average Bonchev–Trinajstić information content (AvgIpc) is 2.33. The molecule has 1 aromatic rings. The van der Waals surface area contributed by atoms with E-state index in [1.54, 1.807) is 18.2 Å². The Morgan fingerprint density at radius 2 is 2.25 bits per heavy atom. The third-order valence-corrected chi connectivity index (χ3v) is 2.80. The van der Waals surface area contributed by atoms with Crippen molar-refractivity contribution in [2.45, 2.75) is 12.8 Å². The average molecular weight is 222 g/mol. The molecule has 1 atom stereocenters. The molecule has 1 heterocycles. The molecule has 3 nitrogen and oxygen atoms in total. The van der Waals surface area contributed by atoms with E-state index >= 15 is 0 Å². The number of piperidine rings is 1. The van der Waals surface area contributed by atoms with Crippen LogP contribution in [0.1, 0.15) is 12.8 Å².